The highest BCUT2D eigenvalue weighted by molar-refractivity contribution is 6.29. The summed E-state index contributed by atoms with van der Waals surface area (Å²) in [5, 5.41) is 5.30. The minimum Gasteiger partial charge on any atom is -0.309 e. The van der Waals surface area contributed by atoms with Gasteiger partial charge in [-0.3, -0.25) is 0 Å². The molecule has 224 valence electrons. The van der Waals surface area contributed by atoms with Crippen molar-refractivity contribution in [2.45, 2.75) is 51.4 Å². The van der Waals surface area contributed by atoms with Crippen molar-refractivity contribution < 1.29 is 0 Å². The number of aromatic nitrogens is 2. The van der Waals surface area contributed by atoms with E-state index in [9.17, 15) is 0 Å². The molecule has 0 amide bonds. The summed E-state index contributed by atoms with van der Waals surface area (Å²) in [5.41, 5.74) is 13.1. The SMILES string of the molecule is CC1(C)CCC(C)(C)c2cc3c(cc21)c1c2c4ccccc4n(-c4ccccc4)c2ccc1n3-c1cccc(-c2ccccc2)c1. The van der Waals surface area contributed by atoms with Gasteiger partial charge in [-0.2, -0.15) is 0 Å². The molecular weight excluding hydrogens is 556 g/mol. The summed E-state index contributed by atoms with van der Waals surface area (Å²) in [6, 6.07) is 49.4. The van der Waals surface area contributed by atoms with Crippen molar-refractivity contribution in [2.24, 2.45) is 0 Å². The second-order valence-electron chi connectivity index (χ2n) is 14.5. The Morgan fingerprint density at radius 1 is 0.413 bits per heavy atom. The van der Waals surface area contributed by atoms with Crippen LogP contribution in [-0.2, 0) is 10.8 Å². The van der Waals surface area contributed by atoms with E-state index in [1.165, 1.54) is 90.1 Å². The minimum absolute atomic E-state index is 0.116. The second kappa shape index (κ2) is 9.71. The van der Waals surface area contributed by atoms with Crippen LogP contribution in [0.5, 0.6) is 0 Å². The van der Waals surface area contributed by atoms with Gasteiger partial charge in [-0.25, -0.2) is 0 Å². The Labute approximate surface area is 270 Å². The molecule has 0 bridgehead atoms. The molecule has 6 aromatic carbocycles. The predicted molar refractivity (Wildman–Crippen MR) is 196 cm³/mol. The maximum absolute atomic E-state index is 2.57. The monoisotopic (exact) mass is 594 g/mol. The molecular formula is C44H38N2. The standard InChI is InChI=1S/C44H38N2/c1-43(2)24-25-44(3,4)36-28-40-34(27-35(36)43)42-39(46(40)32-19-13-16-30(26-32)29-14-7-5-8-15-29)23-22-38-41(42)33-20-11-12-21-37(33)45(38)31-17-9-6-10-18-31/h5-23,26-28H,24-25H2,1-4H3. The van der Waals surface area contributed by atoms with Crippen LogP contribution in [0.3, 0.4) is 0 Å². The molecule has 0 unspecified atom stereocenters. The highest BCUT2D eigenvalue weighted by Gasteiger charge is 2.38. The molecule has 2 aromatic heterocycles. The third-order valence-electron chi connectivity index (χ3n) is 10.8. The fourth-order valence-electron chi connectivity index (χ4n) is 8.21. The Hall–Kier alpha value is -5.08. The molecule has 8 aromatic rings. The lowest BCUT2D eigenvalue weighted by atomic mass is 9.63. The summed E-state index contributed by atoms with van der Waals surface area (Å²) < 4.78 is 4.97. The van der Waals surface area contributed by atoms with E-state index in [1.54, 1.807) is 0 Å². The van der Waals surface area contributed by atoms with Crippen molar-refractivity contribution in [3.8, 4) is 22.5 Å². The maximum Gasteiger partial charge on any atom is 0.0548 e. The van der Waals surface area contributed by atoms with Gasteiger partial charge in [0, 0.05) is 32.9 Å². The van der Waals surface area contributed by atoms with E-state index in [4.69, 9.17) is 0 Å². The largest absolute Gasteiger partial charge is 0.309 e. The summed E-state index contributed by atoms with van der Waals surface area (Å²) >= 11 is 0. The number of hydrogen-bond donors (Lipinski definition) is 0. The van der Waals surface area contributed by atoms with Crippen molar-refractivity contribution in [3.63, 3.8) is 0 Å². The third kappa shape index (κ3) is 3.89. The first-order valence-corrected chi connectivity index (χ1v) is 16.6. The van der Waals surface area contributed by atoms with Gasteiger partial charge in [-0.05, 0) is 101 Å². The average molecular weight is 595 g/mol. The van der Waals surface area contributed by atoms with Gasteiger partial charge >= 0.3 is 0 Å². The first-order valence-electron chi connectivity index (χ1n) is 16.6. The van der Waals surface area contributed by atoms with Crippen molar-refractivity contribution in [2.75, 3.05) is 0 Å². The molecule has 2 heteroatoms. The van der Waals surface area contributed by atoms with E-state index in [2.05, 4.69) is 170 Å². The molecule has 0 saturated carbocycles. The highest BCUT2D eigenvalue weighted by Crippen LogP contribution is 2.50. The number of fused-ring (bicyclic) bond motifs is 8. The van der Waals surface area contributed by atoms with Crippen LogP contribution < -0.4 is 0 Å². The Kier molecular flexibility index (Phi) is 5.75. The molecule has 0 spiro atoms. The predicted octanol–water partition coefficient (Wildman–Crippen LogP) is 11.9. The van der Waals surface area contributed by atoms with E-state index >= 15 is 0 Å². The average Bonchev–Trinajstić information content (AvgIpc) is 3.59. The molecule has 46 heavy (non-hydrogen) atoms. The zero-order valence-corrected chi connectivity index (χ0v) is 27.0. The number of benzene rings is 6. The van der Waals surface area contributed by atoms with Crippen molar-refractivity contribution in [3.05, 3.63) is 145 Å². The molecule has 0 N–H and O–H groups in total. The number of para-hydroxylation sites is 2. The van der Waals surface area contributed by atoms with Crippen molar-refractivity contribution in [1.29, 1.82) is 0 Å². The molecule has 1 aliphatic carbocycles. The van der Waals surface area contributed by atoms with Crippen molar-refractivity contribution in [1.82, 2.24) is 9.13 Å². The van der Waals surface area contributed by atoms with Gasteiger partial charge in [0.15, 0.2) is 0 Å². The minimum atomic E-state index is 0.116. The quantitative estimate of drug-likeness (QED) is 0.193. The molecule has 0 atom stereocenters. The van der Waals surface area contributed by atoms with Crippen LogP contribution in [0.4, 0.5) is 0 Å². The van der Waals surface area contributed by atoms with E-state index in [0.29, 0.717) is 0 Å². The van der Waals surface area contributed by atoms with Crippen LogP contribution in [0.25, 0.3) is 66.1 Å². The van der Waals surface area contributed by atoms with E-state index < -0.39 is 0 Å². The van der Waals surface area contributed by atoms with Crippen LogP contribution in [0.1, 0.15) is 51.7 Å². The van der Waals surface area contributed by atoms with E-state index in [1.807, 2.05) is 0 Å². The van der Waals surface area contributed by atoms with E-state index in [0.717, 1.165) is 0 Å². The normalized spacial score (nSPS) is 15.6. The molecule has 0 aliphatic heterocycles. The van der Waals surface area contributed by atoms with Gasteiger partial charge in [-0.15, -0.1) is 0 Å². The first-order chi connectivity index (χ1) is 22.3. The summed E-state index contributed by atoms with van der Waals surface area (Å²) in [4.78, 5) is 0. The van der Waals surface area contributed by atoms with E-state index in [-0.39, 0.29) is 10.8 Å². The first kappa shape index (κ1) is 27.2. The number of hydrogen-bond acceptors (Lipinski definition) is 0. The lowest BCUT2D eigenvalue weighted by Gasteiger charge is -2.42. The Morgan fingerprint density at radius 2 is 0.957 bits per heavy atom. The highest BCUT2D eigenvalue weighted by atomic mass is 15.0. The number of rotatable bonds is 3. The lowest BCUT2D eigenvalue weighted by molar-refractivity contribution is 0.332. The molecule has 0 radical (unpaired) electrons. The molecule has 1 aliphatic rings. The molecule has 2 heterocycles. The maximum atomic E-state index is 2.57. The molecule has 9 rings (SSSR count). The van der Waals surface area contributed by atoms with Gasteiger partial charge in [0.2, 0.25) is 0 Å². The third-order valence-corrected chi connectivity index (χ3v) is 10.8. The van der Waals surface area contributed by atoms with Gasteiger partial charge < -0.3 is 9.13 Å². The Bertz CT molecular complexity index is 2450. The van der Waals surface area contributed by atoms with Crippen LogP contribution >= 0.6 is 0 Å². The van der Waals surface area contributed by atoms with Gasteiger partial charge in [0.1, 0.15) is 0 Å². The van der Waals surface area contributed by atoms with Crippen LogP contribution in [-0.4, -0.2) is 9.13 Å². The molecule has 0 fully saturated rings. The summed E-state index contributed by atoms with van der Waals surface area (Å²) in [7, 11) is 0. The smallest absolute Gasteiger partial charge is 0.0548 e. The topological polar surface area (TPSA) is 9.86 Å². The lowest BCUT2D eigenvalue weighted by Crippen LogP contribution is -2.33. The Morgan fingerprint density at radius 3 is 1.67 bits per heavy atom. The van der Waals surface area contributed by atoms with Crippen LogP contribution in [0, 0.1) is 0 Å². The summed E-state index contributed by atoms with van der Waals surface area (Å²) in [5.74, 6) is 0. The van der Waals surface area contributed by atoms with Crippen LogP contribution in [0.15, 0.2) is 133 Å². The Balaban J connectivity index is 1.47. The van der Waals surface area contributed by atoms with Gasteiger partial charge in [-0.1, -0.05) is 107 Å². The van der Waals surface area contributed by atoms with Gasteiger partial charge in [0.25, 0.3) is 0 Å². The molecule has 2 nitrogen and oxygen atoms in total. The summed E-state index contributed by atoms with van der Waals surface area (Å²) in [6.07, 6.45) is 2.38. The second-order valence-corrected chi connectivity index (χ2v) is 14.5. The fraction of sp³-hybridized carbons (Fsp3) is 0.182. The fourth-order valence-corrected chi connectivity index (χ4v) is 8.21. The van der Waals surface area contributed by atoms with Crippen molar-refractivity contribution >= 4 is 43.6 Å². The summed E-state index contributed by atoms with van der Waals surface area (Å²) in [6.45, 7) is 9.74. The zero-order chi connectivity index (χ0) is 31.2. The van der Waals surface area contributed by atoms with Gasteiger partial charge in [0.05, 0.1) is 22.1 Å². The zero-order valence-electron chi connectivity index (χ0n) is 27.0. The van der Waals surface area contributed by atoms with Crippen LogP contribution in [0.2, 0.25) is 0 Å². The molecule has 0 saturated heterocycles. The number of nitrogens with zero attached hydrogens (tertiary/aromatic N) is 2.